The molecule has 0 aromatic rings. The van der Waals surface area contributed by atoms with Gasteiger partial charge in [0.05, 0.1) is 25.4 Å². The Morgan fingerprint density at radius 2 is 1.26 bits per heavy atom. The van der Waals surface area contributed by atoms with Crippen molar-refractivity contribution in [2.75, 3.05) is 13.2 Å². The number of carbonyl (C=O) groups is 2. The average Bonchev–Trinajstić information content (AvgIpc) is 2.97. The van der Waals surface area contributed by atoms with Crippen LogP contribution in [0.4, 0.5) is 0 Å². The van der Waals surface area contributed by atoms with E-state index in [2.05, 4.69) is 0 Å². The fraction of sp³-hybridized carbons (Fsp3) is 0.889. The molecule has 0 radical (unpaired) electrons. The first-order chi connectivity index (χ1) is 11.2. The molecule has 1 saturated heterocycles. The van der Waals surface area contributed by atoms with Gasteiger partial charge in [-0.25, -0.2) is 0 Å². The number of rotatable bonds is 12. The van der Waals surface area contributed by atoms with Gasteiger partial charge >= 0.3 is 11.9 Å². The molecule has 1 aliphatic rings. The number of esters is 2. The van der Waals surface area contributed by atoms with Crippen LogP contribution in [0.5, 0.6) is 0 Å². The van der Waals surface area contributed by atoms with E-state index in [4.69, 9.17) is 14.2 Å². The molecule has 5 nitrogen and oxygen atoms in total. The van der Waals surface area contributed by atoms with Gasteiger partial charge in [-0.2, -0.15) is 0 Å². The molecule has 1 rings (SSSR count). The summed E-state index contributed by atoms with van der Waals surface area (Å²) in [5.74, 6) is -0.196. The normalized spacial score (nSPS) is 20.4. The number of carbonyl (C=O) groups excluding carboxylic acids is 2. The Hall–Kier alpha value is -1.10. The standard InChI is InChI=1S/C18H32O5/c1-3-21-17(19)11-7-5-9-15-13-14-16(23-15)10-6-8-12-18(20)22-4-2/h15-16H,3-14H2,1-2H3/t15-,16-/m0/s1. The molecule has 0 N–H and O–H groups in total. The Morgan fingerprint density at radius 1 is 0.826 bits per heavy atom. The molecule has 134 valence electrons. The zero-order chi connectivity index (χ0) is 16.9. The number of hydrogen-bond donors (Lipinski definition) is 0. The van der Waals surface area contributed by atoms with Crippen molar-refractivity contribution in [3.8, 4) is 0 Å². The molecule has 23 heavy (non-hydrogen) atoms. The number of unbranched alkanes of at least 4 members (excludes halogenated alkanes) is 2. The predicted molar refractivity (Wildman–Crippen MR) is 88.1 cm³/mol. The lowest BCUT2D eigenvalue weighted by Crippen LogP contribution is -2.11. The molecule has 0 aromatic heterocycles. The zero-order valence-electron chi connectivity index (χ0n) is 14.7. The third-order valence-electron chi connectivity index (χ3n) is 4.12. The van der Waals surface area contributed by atoms with Crippen LogP contribution in [0.25, 0.3) is 0 Å². The summed E-state index contributed by atoms with van der Waals surface area (Å²) in [6.07, 6.45) is 9.76. The Balaban J connectivity index is 1.98. The first-order valence-electron chi connectivity index (χ1n) is 9.12. The minimum Gasteiger partial charge on any atom is -0.466 e. The van der Waals surface area contributed by atoms with E-state index in [0.29, 0.717) is 38.3 Å². The van der Waals surface area contributed by atoms with Gasteiger partial charge in [0.1, 0.15) is 0 Å². The highest BCUT2D eigenvalue weighted by Crippen LogP contribution is 2.27. The number of ether oxygens (including phenoxy) is 3. The van der Waals surface area contributed by atoms with Gasteiger partial charge < -0.3 is 14.2 Å². The smallest absolute Gasteiger partial charge is 0.305 e. The van der Waals surface area contributed by atoms with Crippen molar-refractivity contribution in [3.05, 3.63) is 0 Å². The van der Waals surface area contributed by atoms with E-state index in [-0.39, 0.29) is 11.9 Å². The molecule has 0 amide bonds. The molecule has 5 heteroatoms. The van der Waals surface area contributed by atoms with Gasteiger partial charge in [0.25, 0.3) is 0 Å². The summed E-state index contributed by atoms with van der Waals surface area (Å²) >= 11 is 0. The quantitative estimate of drug-likeness (QED) is 0.403. The first kappa shape index (κ1) is 19.9. The van der Waals surface area contributed by atoms with Crippen molar-refractivity contribution in [1.29, 1.82) is 0 Å². The molecular weight excluding hydrogens is 296 g/mol. The first-order valence-corrected chi connectivity index (χ1v) is 9.12. The second-order valence-corrected chi connectivity index (χ2v) is 6.06. The summed E-state index contributed by atoms with van der Waals surface area (Å²) in [5.41, 5.74) is 0. The zero-order valence-corrected chi connectivity index (χ0v) is 14.7. The third kappa shape index (κ3) is 9.59. The lowest BCUT2D eigenvalue weighted by atomic mass is 10.1. The van der Waals surface area contributed by atoms with Crippen molar-refractivity contribution < 1.29 is 23.8 Å². The van der Waals surface area contributed by atoms with Gasteiger partial charge in [-0.3, -0.25) is 9.59 Å². The van der Waals surface area contributed by atoms with Crippen molar-refractivity contribution in [2.45, 2.75) is 90.3 Å². The van der Waals surface area contributed by atoms with Gasteiger partial charge in [-0.1, -0.05) is 12.8 Å². The van der Waals surface area contributed by atoms with Crippen molar-refractivity contribution in [3.63, 3.8) is 0 Å². The third-order valence-corrected chi connectivity index (χ3v) is 4.12. The van der Waals surface area contributed by atoms with Crippen LogP contribution in [0, 0.1) is 0 Å². The molecule has 0 aromatic carbocycles. The molecule has 2 atom stereocenters. The van der Waals surface area contributed by atoms with Crippen LogP contribution >= 0.6 is 0 Å². The lowest BCUT2D eigenvalue weighted by Gasteiger charge is -2.13. The molecule has 1 fully saturated rings. The minimum atomic E-state index is -0.0979. The Bertz CT molecular complexity index is 310. The fourth-order valence-electron chi connectivity index (χ4n) is 2.95. The number of hydrogen-bond acceptors (Lipinski definition) is 5. The SMILES string of the molecule is CCOC(=O)CCCC[C@H]1CC[C@H](CCCCC(=O)OCC)O1. The molecule has 0 aliphatic carbocycles. The molecular formula is C18H32O5. The van der Waals surface area contributed by atoms with E-state index in [1.165, 1.54) is 0 Å². The summed E-state index contributed by atoms with van der Waals surface area (Å²) in [4.78, 5) is 22.5. The Morgan fingerprint density at radius 3 is 1.65 bits per heavy atom. The van der Waals surface area contributed by atoms with Crippen LogP contribution in [0.2, 0.25) is 0 Å². The fourth-order valence-corrected chi connectivity index (χ4v) is 2.95. The molecule has 0 spiro atoms. The van der Waals surface area contributed by atoms with Crippen molar-refractivity contribution in [1.82, 2.24) is 0 Å². The maximum absolute atomic E-state index is 11.2. The van der Waals surface area contributed by atoms with E-state index in [0.717, 1.165) is 51.4 Å². The van der Waals surface area contributed by atoms with E-state index in [1.54, 1.807) is 0 Å². The monoisotopic (exact) mass is 328 g/mol. The highest BCUT2D eigenvalue weighted by Gasteiger charge is 2.24. The predicted octanol–water partition coefficient (Wildman–Crippen LogP) is 3.78. The Kier molecular flexibility index (Phi) is 10.7. The van der Waals surface area contributed by atoms with Crippen LogP contribution in [-0.4, -0.2) is 37.4 Å². The summed E-state index contributed by atoms with van der Waals surface area (Å²) in [6.45, 7) is 4.58. The maximum Gasteiger partial charge on any atom is 0.305 e. The van der Waals surface area contributed by atoms with Crippen LogP contribution in [0.3, 0.4) is 0 Å². The largest absolute Gasteiger partial charge is 0.466 e. The minimum absolute atomic E-state index is 0.0979. The van der Waals surface area contributed by atoms with E-state index >= 15 is 0 Å². The van der Waals surface area contributed by atoms with Gasteiger partial charge in [-0.15, -0.1) is 0 Å². The van der Waals surface area contributed by atoms with Gasteiger partial charge in [-0.05, 0) is 52.4 Å². The van der Waals surface area contributed by atoms with Crippen LogP contribution in [0.1, 0.15) is 78.1 Å². The topological polar surface area (TPSA) is 61.8 Å². The van der Waals surface area contributed by atoms with Gasteiger partial charge in [0.15, 0.2) is 0 Å². The Labute approximate surface area is 140 Å². The van der Waals surface area contributed by atoms with Crippen LogP contribution in [-0.2, 0) is 23.8 Å². The molecule has 1 aliphatic heterocycles. The van der Waals surface area contributed by atoms with E-state index < -0.39 is 0 Å². The van der Waals surface area contributed by atoms with Crippen molar-refractivity contribution >= 4 is 11.9 Å². The van der Waals surface area contributed by atoms with Gasteiger partial charge in [0.2, 0.25) is 0 Å². The highest BCUT2D eigenvalue weighted by atomic mass is 16.5. The van der Waals surface area contributed by atoms with E-state index in [1.807, 2.05) is 13.8 Å². The summed E-state index contributed by atoms with van der Waals surface area (Å²) in [5, 5.41) is 0. The average molecular weight is 328 g/mol. The summed E-state index contributed by atoms with van der Waals surface area (Å²) in [7, 11) is 0. The highest BCUT2D eigenvalue weighted by molar-refractivity contribution is 5.69. The molecule has 0 unspecified atom stereocenters. The van der Waals surface area contributed by atoms with Gasteiger partial charge in [0, 0.05) is 12.8 Å². The van der Waals surface area contributed by atoms with E-state index in [9.17, 15) is 9.59 Å². The summed E-state index contributed by atoms with van der Waals surface area (Å²) < 4.78 is 15.9. The molecule has 0 saturated carbocycles. The summed E-state index contributed by atoms with van der Waals surface area (Å²) in [6, 6.07) is 0. The molecule has 0 bridgehead atoms. The van der Waals surface area contributed by atoms with Crippen LogP contribution < -0.4 is 0 Å². The second-order valence-electron chi connectivity index (χ2n) is 6.06. The second kappa shape index (κ2) is 12.3. The molecule has 1 heterocycles. The van der Waals surface area contributed by atoms with Crippen molar-refractivity contribution in [2.24, 2.45) is 0 Å². The maximum atomic E-state index is 11.2. The van der Waals surface area contributed by atoms with Crippen LogP contribution in [0.15, 0.2) is 0 Å². The lowest BCUT2D eigenvalue weighted by molar-refractivity contribution is -0.144.